The zero-order valence-electron chi connectivity index (χ0n) is 14.0. The van der Waals surface area contributed by atoms with Crippen LogP contribution in [0, 0.1) is 5.92 Å². The van der Waals surface area contributed by atoms with Crippen molar-refractivity contribution < 1.29 is 18.5 Å². The van der Waals surface area contributed by atoms with Crippen LogP contribution < -0.4 is 5.32 Å². The van der Waals surface area contributed by atoms with Gasteiger partial charge in [-0.3, -0.25) is 9.00 Å². The molecule has 5 nitrogen and oxygen atoms in total. The zero-order chi connectivity index (χ0) is 17.4. The average Bonchev–Trinajstić information content (AvgIpc) is 2.65. The molecule has 0 radical (unpaired) electrons. The first-order chi connectivity index (χ1) is 11.6. The van der Waals surface area contributed by atoms with E-state index in [-0.39, 0.29) is 11.8 Å². The maximum atomic E-state index is 12.3. The number of hydrogen-bond donors (Lipinski definition) is 1. The van der Waals surface area contributed by atoms with Gasteiger partial charge < -0.3 is 10.1 Å². The Bertz CT molecular complexity index is 570. The molecule has 1 aliphatic rings. The van der Waals surface area contributed by atoms with Crippen LogP contribution in [-0.2, 0) is 25.1 Å². The van der Waals surface area contributed by atoms with Gasteiger partial charge in [0.2, 0.25) is 5.91 Å². The summed E-state index contributed by atoms with van der Waals surface area (Å²) in [5.41, 5.74) is 0. The smallest absolute Gasteiger partial charge is 0.328 e. The van der Waals surface area contributed by atoms with Gasteiger partial charge in [-0.15, -0.1) is 0 Å². The lowest BCUT2D eigenvalue weighted by Crippen LogP contribution is -2.45. The predicted octanol–water partition coefficient (Wildman–Crippen LogP) is 2.42. The highest BCUT2D eigenvalue weighted by Crippen LogP contribution is 2.24. The van der Waals surface area contributed by atoms with Gasteiger partial charge in [-0.05, 0) is 31.4 Å². The second-order valence-electron chi connectivity index (χ2n) is 6.07. The van der Waals surface area contributed by atoms with Gasteiger partial charge in [-0.1, -0.05) is 37.5 Å². The molecule has 0 aromatic heterocycles. The van der Waals surface area contributed by atoms with Crippen molar-refractivity contribution in [3.05, 3.63) is 30.3 Å². The Hall–Kier alpha value is -1.69. The monoisotopic (exact) mass is 351 g/mol. The lowest BCUT2D eigenvalue weighted by molar-refractivity contribution is -0.145. The molecule has 6 heteroatoms. The summed E-state index contributed by atoms with van der Waals surface area (Å²) >= 11 is 0. The standard InChI is InChI=1S/C18H25NO4S/c1-23-18(21)16(19-17(20)14-8-4-2-5-9-14)12-13-24(22)15-10-6-3-7-11-15/h3,6-7,10-11,14,16H,2,4-5,8-9,12-13H2,1H3,(H,19,20)/t16-,24-/m1/s1. The number of rotatable bonds is 7. The van der Waals surface area contributed by atoms with Gasteiger partial charge in [0.15, 0.2) is 0 Å². The van der Waals surface area contributed by atoms with Crippen LogP contribution in [0.1, 0.15) is 38.5 Å². The number of ether oxygens (including phenoxy) is 1. The molecule has 0 aliphatic heterocycles. The molecule has 2 atom stereocenters. The van der Waals surface area contributed by atoms with Gasteiger partial charge >= 0.3 is 5.97 Å². The number of carbonyl (C=O) groups excluding carboxylic acids is 2. The third kappa shape index (κ3) is 5.44. The highest BCUT2D eigenvalue weighted by atomic mass is 32.2. The molecular weight excluding hydrogens is 326 g/mol. The van der Waals surface area contributed by atoms with Crippen molar-refractivity contribution in [3.63, 3.8) is 0 Å². The number of hydrogen-bond acceptors (Lipinski definition) is 4. The Morgan fingerprint density at radius 2 is 1.88 bits per heavy atom. The van der Waals surface area contributed by atoms with E-state index in [0.29, 0.717) is 12.2 Å². The van der Waals surface area contributed by atoms with E-state index in [0.717, 1.165) is 30.6 Å². The van der Waals surface area contributed by atoms with Crippen LogP contribution in [-0.4, -0.2) is 35.0 Å². The summed E-state index contributed by atoms with van der Waals surface area (Å²) in [6, 6.07) is 8.37. The molecular formula is C18H25NO4S. The molecule has 24 heavy (non-hydrogen) atoms. The van der Waals surface area contributed by atoms with Crippen LogP contribution in [0.25, 0.3) is 0 Å². The van der Waals surface area contributed by atoms with Gasteiger partial charge in [0.1, 0.15) is 6.04 Å². The zero-order valence-corrected chi connectivity index (χ0v) is 14.8. The van der Waals surface area contributed by atoms with Crippen LogP contribution in [0.4, 0.5) is 0 Å². The van der Waals surface area contributed by atoms with Crippen molar-refractivity contribution in [1.29, 1.82) is 0 Å². The number of benzene rings is 1. The van der Waals surface area contributed by atoms with Crippen LogP contribution in [0.3, 0.4) is 0 Å². The molecule has 1 N–H and O–H groups in total. The number of methoxy groups -OCH3 is 1. The van der Waals surface area contributed by atoms with E-state index >= 15 is 0 Å². The molecule has 1 amide bonds. The molecule has 0 heterocycles. The van der Waals surface area contributed by atoms with Crippen LogP contribution >= 0.6 is 0 Å². The second-order valence-corrected chi connectivity index (χ2v) is 7.64. The Labute approximate surface area is 145 Å². The summed E-state index contributed by atoms with van der Waals surface area (Å²) in [6.07, 6.45) is 5.32. The van der Waals surface area contributed by atoms with Crippen LogP contribution in [0.5, 0.6) is 0 Å². The van der Waals surface area contributed by atoms with Gasteiger partial charge in [0, 0.05) is 16.6 Å². The Kier molecular flexibility index (Phi) is 7.43. The first kappa shape index (κ1) is 18.6. The molecule has 0 bridgehead atoms. The molecule has 1 aliphatic carbocycles. The quantitative estimate of drug-likeness (QED) is 0.766. The molecule has 1 saturated carbocycles. The Balaban J connectivity index is 1.91. The summed E-state index contributed by atoms with van der Waals surface area (Å²) in [7, 11) is 0.101. The Morgan fingerprint density at radius 3 is 2.50 bits per heavy atom. The topological polar surface area (TPSA) is 72.5 Å². The van der Waals surface area contributed by atoms with Crippen molar-refractivity contribution in [2.75, 3.05) is 12.9 Å². The third-order valence-electron chi connectivity index (χ3n) is 4.38. The van der Waals surface area contributed by atoms with Gasteiger partial charge in [0.05, 0.1) is 17.9 Å². The van der Waals surface area contributed by atoms with Crippen LogP contribution in [0.2, 0.25) is 0 Å². The van der Waals surface area contributed by atoms with E-state index < -0.39 is 22.8 Å². The van der Waals surface area contributed by atoms with Crippen LogP contribution in [0.15, 0.2) is 35.2 Å². The molecule has 0 spiro atoms. The molecule has 1 fully saturated rings. The fraction of sp³-hybridized carbons (Fsp3) is 0.556. The summed E-state index contributed by atoms with van der Waals surface area (Å²) in [4.78, 5) is 25.0. The van der Waals surface area contributed by atoms with Crippen molar-refractivity contribution >= 4 is 22.7 Å². The van der Waals surface area contributed by atoms with Gasteiger partial charge in [-0.2, -0.15) is 0 Å². The number of carbonyl (C=O) groups is 2. The lowest BCUT2D eigenvalue weighted by Gasteiger charge is -2.23. The van der Waals surface area contributed by atoms with E-state index in [1.165, 1.54) is 13.5 Å². The third-order valence-corrected chi connectivity index (χ3v) is 5.78. The molecule has 1 aromatic rings. The summed E-state index contributed by atoms with van der Waals surface area (Å²) in [5, 5.41) is 2.80. The minimum atomic E-state index is -1.20. The van der Waals surface area contributed by atoms with Crippen molar-refractivity contribution in [1.82, 2.24) is 5.32 Å². The van der Waals surface area contributed by atoms with Gasteiger partial charge in [0.25, 0.3) is 0 Å². The van der Waals surface area contributed by atoms with Crippen molar-refractivity contribution in [2.24, 2.45) is 5.92 Å². The van der Waals surface area contributed by atoms with E-state index in [1.54, 1.807) is 12.1 Å². The Morgan fingerprint density at radius 1 is 1.21 bits per heavy atom. The van der Waals surface area contributed by atoms with E-state index in [1.807, 2.05) is 18.2 Å². The predicted molar refractivity (Wildman–Crippen MR) is 92.9 cm³/mol. The maximum Gasteiger partial charge on any atom is 0.328 e. The van der Waals surface area contributed by atoms with Crippen molar-refractivity contribution in [2.45, 2.75) is 49.5 Å². The average molecular weight is 351 g/mol. The first-order valence-electron chi connectivity index (χ1n) is 8.43. The fourth-order valence-corrected chi connectivity index (χ4v) is 4.11. The molecule has 132 valence electrons. The SMILES string of the molecule is COC(=O)[C@@H](CC[S@@](=O)c1ccccc1)NC(=O)C1CCCCC1. The highest BCUT2D eigenvalue weighted by molar-refractivity contribution is 7.85. The van der Waals surface area contributed by atoms with E-state index in [9.17, 15) is 13.8 Å². The molecule has 2 rings (SSSR count). The minimum absolute atomic E-state index is 0.0227. The lowest BCUT2D eigenvalue weighted by atomic mass is 9.88. The largest absolute Gasteiger partial charge is 0.467 e. The summed E-state index contributed by atoms with van der Waals surface area (Å²) in [5.74, 6) is -0.292. The maximum absolute atomic E-state index is 12.3. The second kappa shape index (κ2) is 9.57. The van der Waals surface area contributed by atoms with E-state index in [2.05, 4.69) is 5.32 Å². The number of amides is 1. The number of nitrogens with one attached hydrogen (secondary N) is 1. The normalized spacial score (nSPS) is 17.7. The first-order valence-corrected chi connectivity index (χ1v) is 9.75. The highest BCUT2D eigenvalue weighted by Gasteiger charge is 2.27. The number of esters is 1. The molecule has 0 unspecified atom stereocenters. The molecule has 0 saturated heterocycles. The van der Waals surface area contributed by atoms with E-state index in [4.69, 9.17) is 4.74 Å². The summed E-state index contributed by atoms with van der Waals surface area (Å²) in [6.45, 7) is 0. The molecule has 1 aromatic carbocycles. The summed E-state index contributed by atoms with van der Waals surface area (Å²) < 4.78 is 17.1. The fourth-order valence-electron chi connectivity index (χ4n) is 2.96. The van der Waals surface area contributed by atoms with Gasteiger partial charge in [-0.25, -0.2) is 4.79 Å². The van der Waals surface area contributed by atoms with Crippen molar-refractivity contribution in [3.8, 4) is 0 Å². The minimum Gasteiger partial charge on any atom is -0.467 e.